The van der Waals surface area contributed by atoms with E-state index in [9.17, 15) is 0 Å². The van der Waals surface area contributed by atoms with Crippen LogP contribution in [0.15, 0.2) is 0 Å². The third-order valence-electron chi connectivity index (χ3n) is 7.24. The highest BCUT2D eigenvalue weighted by molar-refractivity contribution is 5.03. The fraction of sp³-hybridized carbons (Fsp3) is 1.00. The van der Waals surface area contributed by atoms with Crippen LogP contribution in [0.3, 0.4) is 0 Å². The van der Waals surface area contributed by atoms with Gasteiger partial charge in [-0.25, -0.2) is 0 Å². The molecule has 1 heterocycles. The van der Waals surface area contributed by atoms with Crippen molar-refractivity contribution >= 4 is 0 Å². The van der Waals surface area contributed by atoms with Gasteiger partial charge in [0, 0.05) is 24.7 Å². The zero-order valence-electron chi connectivity index (χ0n) is 13.5. The second kappa shape index (κ2) is 4.98. The van der Waals surface area contributed by atoms with Crippen molar-refractivity contribution in [1.29, 1.82) is 0 Å². The van der Waals surface area contributed by atoms with E-state index in [1.807, 2.05) is 0 Å². The average Bonchev–Trinajstić information content (AvgIpc) is 2.38. The third-order valence-corrected chi connectivity index (χ3v) is 7.24. The Morgan fingerprint density at radius 3 is 2.05 bits per heavy atom. The normalized spacial score (nSPS) is 55.4. The molecule has 1 saturated heterocycles. The van der Waals surface area contributed by atoms with Crippen LogP contribution >= 0.6 is 0 Å². The third kappa shape index (κ3) is 2.23. The van der Waals surface area contributed by atoms with Gasteiger partial charge in [-0.3, -0.25) is 0 Å². The molecule has 20 heavy (non-hydrogen) atoms. The lowest BCUT2D eigenvalue weighted by Crippen LogP contribution is -2.60. The number of piperidine rings is 1. The summed E-state index contributed by atoms with van der Waals surface area (Å²) in [5, 5.41) is 4.18. The van der Waals surface area contributed by atoms with Gasteiger partial charge >= 0.3 is 0 Å². The second-order valence-electron chi connectivity index (χ2n) is 8.73. The molecule has 0 radical (unpaired) electrons. The SMILES string of the molecule is CC1CN(C)C(C)CC1NC1C2CC3CC(C2)CC1C3. The Bertz CT molecular complexity index is 338. The van der Waals surface area contributed by atoms with Crippen molar-refractivity contribution in [3.8, 4) is 0 Å². The van der Waals surface area contributed by atoms with Crippen LogP contribution in [0.5, 0.6) is 0 Å². The van der Waals surface area contributed by atoms with Crippen molar-refractivity contribution < 1.29 is 0 Å². The van der Waals surface area contributed by atoms with E-state index >= 15 is 0 Å². The fourth-order valence-corrected chi connectivity index (χ4v) is 6.22. The molecule has 0 spiro atoms. The highest BCUT2D eigenvalue weighted by Crippen LogP contribution is 2.54. The van der Waals surface area contributed by atoms with Crippen molar-refractivity contribution in [2.45, 2.75) is 70.5 Å². The quantitative estimate of drug-likeness (QED) is 0.833. The largest absolute Gasteiger partial charge is 0.310 e. The molecule has 4 bridgehead atoms. The lowest BCUT2D eigenvalue weighted by atomic mass is 9.54. The Balaban J connectivity index is 1.44. The minimum Gasteiger partial charge on any atom is -0.310 e. The predicted octanol–water partition coefficient (Wildman–Crippen LogP) is 3.13. The van der Waals surface area contributed by atoms with Gasteiger partial charge in [-0.15, -0.1) is 0 Å². The Kier molecular flexibility index (Phi) is 3.38. The molecular formula is C18H32N2. The van der Waals surface area contributed by atoms with Crippen LogP contribution in [0, 0.1) is 29.6 Å². The molecule has 0 aromatic heterocycles. The van der Waals surface area contributed by atoms with Crippen molar-refractivity contribution in [3.05, 3.63) is 0 Å². The molecule has 5 fully saturated rings. The lowest BCUT2D eigenvalue weighted by Gasteiger charge is -2.56. The van der Waals surface area contributed by atoms with Crippen LogP contribution < -0.4 is 5.32 Å². The van der Waals surface area contributed by atoms with Crippen molar-refractivity contribution in [1.82, 2.24) is 10.2 Å². The molecule has 3 atom stereocenters. The van der Waals surface area contributed by atoms with Gasteiger partial charge < -0.3 is 10.2 Å². The molecule has 3 unspecified atom stereocenters. The number of nitrogens with zero attached hydrogens (tertiary/aromatic N) is 1. The summed E-state index contributed by atoms with van der Waals surface area (Å²) in [4.78, 5) is 2.54. The number of likely N-dealkylation sites (tertiary alicyclic amines) is 1. The molecule has 0 amide bonds. The molecule has 0 aromatic rings. The molecule has 114 valence electrons. The fourth-order valence-electron chi connectivity index (χ4n) is 6.22. The summed E-state index contributed by atoms with van der Waals surface area (Å²) in [5.74, 6) is 5.06. The first-order chi connectivity index (χ1) is 9.60. The summed E-state index contributed by atoms with van der Waals surface area (Å²) in [7, 11) is 2.29. The number of rotatable bonds is 2. The van der Waals surface area contributed by atoms with Gasteiger partial charge in [0.2, 0.25) is 0 Å². The number of nitrogens with one attached hydrogen (secondary N) is 1. The number of hydrogen-bond donors (Lipinski definition) is 1. The van der Waals surface area contributed by atoms with E-state index in [0.717, 1.165) is 47.7 Å². The summed E-state index contributed by atoms with van der Waals surface area (Å²) in [6.07, 6.45) is 9.09. The highest BCUT2D eigenvalue weighted by atomic mass is 15.2. The Hall–Kier alpha value is -0.0800. The maximum atomic E-state index is 4.18. The van der Waals surface area contributed by atoms with E-state index in [-0.39, 0.29) is 0 Å². The van der Waals surface area contributed by atoms with Crippen LogP contribution in [0.4, 0.5) is 0 Å². The maximum absolute atomic E-state index is 4.18. The summed E-state index contributed by atoms with van der Waals surface area (Å²) >= 11 is 0. The summed E-state index contributed by atoms with van der Waals surface area (Å²) in [6, 6.07) is 2.38. The maximum Gasteiger partial charge on any atom is 0.0127 e. The molecule has 4 aliphatic carbocycles. The average molecular weight is 276 g/mol. The van der Waals surface area contributed by atoms with Crippen LogP contribution in [-0.4, -0.2) is 36.6 Å². The van der Waals surface area contributed by atoms with Crippen LogP contribution in [0.25, 0.3) is 0 Å². The molecule has 2 nitrogen and oxygen atoms in total. The molecular weight excluding hydrogens is 244 g/mol. The van der Waals surface area contributed by atoms with Gasteiger partial charge in [-0.2, -0.15) is 0 Å². The Morgan fingerprint density at radius 1 is 0.850 bits per heavy atom. The van der Waals surface area contributed by atoms with E-state index in [0.29, 0.717) is 0 Å². The molecule has 0 aromatic carbocycles. The van der Waals surface area contributed by atoms with E-state index in [2.05, 4.69) is 31.1 Å². The zero-order chi connectivity index (χ0) is 13.9. The van der Waals surface area contributed by atoms with Crippen LogP contribution in [0.1, 0.15) is 52.4 Å². The van der Waals surface area contributed by atoms with Gasteiger partial charge in [0.05, 0.1) is 0 Å². The van der Waals surface area contributed by atoms with Gasteiger partial charge in [-0.05, 0) is 82.1 Å². The summed E-state index contributed by atoms with van der Waals surface area (Å²) < 4.78 is 0. The summed E-state index contributed by atoms with van der Waals surface area (Å²) in [6.45, 7) is 6.12. The van der Waals surface area contributed by atoms with Gasteiger partial charge in [0.1, 0.15) is 0 Å². The van der Waals surface area contributed by atoms with Gasteiger partial charge in [0.25, 0.3) is 0 Å². The zero-order valence-corrected chi connectivity index (χ0v) is 13.5. The first-order valence-corrected chi connectivity index (χ1v) is 9.06. The van der Waals surface area contributed by atoms with Gasteiger partial charge in [-0.1, -0.05) is 6.92 Å². The second-order valence-corrected chi connectivity index (χ2v) is 8.73. The predicted molar refractivity (Wildman–Crippen MR) is 83.6 cm³/mol. The van der Waals surface area contributed by atoms with Crippen molar-refractivity contribution in [2.24, 2.45) is 29.6 Å². The monoisotopic (exact) mass is 276 g/mol. The smallest absolute Gasteiger partial charge is 0.0127 e. The molecule has 1 N–H and O–H groups in total. The standard InChI is InChI=1S/C18H32N2/c1-11-10-20(3)12(2)4-17(11)19-18-15-6-13-5-14(8-15)9-16(18)7-13/h11-19H,4-10H2,1-3H3. The van der Waals surface area contributed by atoms with E-state index in [1.54, 1.807) is 32.1 Å². The molecule has 5 aliphatic rings. The Morgan fingerprint density at radius 2 is 1.45 bits per heavy atom. The highest BCUT2D eigenvalue weighted by Gasteiger charge is 2.49. The van der Waals surface area contributed by atoms with Crippen LogP contribution in [-0.2, 0) is 0 Å². The van der Waals surface area contributed by atoms with Crippen molar-refractivity contribution in [2.75, 3.05) is 13.6 Å². The minimum absolute atomic E-state index is 0.750. The van der Waals surface area contributed by atoms with E-state index < -0.39 is 0 Å². The minimum atomic E-state index is 0.750. The van der Waals surface area contributed by atoms with Gasteiger partial charge in [0.15, 0.2) is 0 Å². The molecule has 2 heteroatoms. The van der Waals surface area contributed by atoms with E-state index in [4.69, 9.17) is 0 Å². The number of hydrogen-bond acceptors (Lipinski definition) is 2. The summed E-state index contributed by atoms with van der Waals surface area (Å²) in [5.41, 5.74) is 0. The topological polar surface area (TPSA) is 15.3 Å². The molecule has 5 rings (SSSR count). The van der Waals surface area contributed by atoms with Crippen molar-refractivity contribution in [3.63, 3.8) is 0 Å². The lowest BCUT2D eigenvalue weighted by molar-refractivity contribution is -0.0258. The van der Waals surface area contributed by atoms with E-state index in [1.165, 1.54) is 13.0 Å². The first kappa shape index (κ1) is 13.6. The Labute approximate surface area is 124 Å². The first-order valence-electron chi connectivity index (χ1n) is 9.06. The molecule has 4 saturated carbocycles. The molecule has 1 aliphatic heterocycles. The van der Waals surface area contributed by atoms with Crippen LogP contribution in [0.2, 0.25) is 0 Å².